The van der Waals surface area contributed by atoms with E-state index in [1.165, 1.54) is 11.8 Å². The van der Waals surface area contributed by atoms with Gasteiger partial charge in [-0.2, -0.15) is 23.5 Å². The van der Waals surface area contributed by atoms with Gasteiger partial charge >= 0.3 is 5.97 Å². The van der Waals surface area contributed by atoms with Gasteiger partial charge in [-0.05, 0) is 24.7 Å². The lowest BCUT2D eigenvalue weighted by molar-refractivity contribution is -0.141. The second-order valence-corrected chi connectivity index (χ2v) is 4.52. The highest BCUT2D eigenvalue weighted by molar-refractivity contribution is 7.99. The summed E-state index contributed by atoms with van der Waals surface area (Å²) < 4.78 is 0. The van der Waals surface area contributed by atoms with Gasteiger partial charge in [-0.1, -0.05) is 0 Å². The largest absolute Gasteiger partial charge is 0.480 e. The Hall–Kier alpha value is -0.360. The fourth-order valence-electron chi connectivity index (χ4n) is 0.860. The zero-order valence-corrected chi connectivity index (χ0v) is 9.91. The summed E-state index contributed by atoms with van der Waals surface area (Å²) in [6.07, 6.45) is 4.18. The minimum absolute atomic E-state index is 0.217. The second kappa shape index (κ2) is 7.99. The van der Waals surface area contributed by atoms with Crippen LogP contribution in [0, 0.1) is 0 Å². The molecule has 1 unspecified atom stereocenters. The highest BCUT2D eigenvalue weighted by Gasteiger charge is 2.18. The topological polar surface area (TPSA) is 66.4 Å². The van der Waals surface area contributed by atoms with E-state index in [2.05, 4.69) is 5.32 Å². The Morgan fingerprint density at radius 2 is 2.00 bits per heavy atom. The van der Waals surface area contributed by atoms with Crippen molar-refractivity contribution < 1.29 is 14.7 Å². The molecule has 0 radical (unpaired) electrons. The van der Waals surface area contributed by atoms with Crippen molar-refractivity contribution >= 4 is 35.4 Å². The van der Waals surface area contributed by atoms with Gasteiger partial charge in [0, 0.05) is 0 Å². The van der Waals surface area contributed by atoms with Crippen molar-refractivity contribution in [1.29, 1.82) is 0 Å². The molecule has 0 rings (SSSR count). The molecule has 4 nitrogen and oxygen atoms in total. The Morgan fingerprint density at radius 3 is 2.43 bits per heavy atom. The second-order valence-electron chi connectivity index (χ2n) is 2.67. The van der Waals surface area contributed by atoms with Crippen LogP contribution >= 0.6 is 23.5 Å². The van der Waals surface area contributed by atoms with Crippen molar-refractivity contribution in [1.82, 2.24) is 5.32 Å². The molecular weight excluding hydrogens is 222 g/mol. The first-order valence-corrected chi connectivity index (χ1v) is 6.90. The molecule has 0 bridgehead atoms. The first kappa shape index (κ1) is 13.6. The van der Waals surface area contributed by atoms with Crippen LogP contribution in [0.25, 0.3) is 0 Å². The number of hydrogen-bond donors (Lipinski definition) is 2. The maximum atomic E-state index is 11.1. The maximum Gasteiger partial charge on any atom is 0.326 e. The van der Waals surface area contributed by atoms with Gasteiger partial charge in [0.2, 0.25) is 5.91 Å². The van der Waals surface area contributed by atoms with E-state index in [1.807, 2.05) is 6.26 Å². The average molecular weight is 237 g/mol. The first-order chi connectivity index (χ1) is 6.61. The third-order valence-corrected chi connectivity index (χ3v) is 2.71. The summed E-state index contributed by atoms with van der Waals surface area (Å²) in [5, 5.41) is 11.3. The third-order valence-electron chi connectivity index (χ3n) is 1.52. The van der Waals surface area contributed by atoms with E-state index in [0.717, 1.165) is 5.75 Å². The van der Waals surface area contributed by atoms with Crippen LogP contribution < -0.4 is 5.32 Å². The normalized spacial score (nSPS) is 12.1. The number of amides is 1. The molecule has 0 fully saturated rings. The molecule has 6 heteroatoms. The van der Waals surface area contributed by atoms with Crippen LogP contribution in [0.5, 0.6) is 0 Å². The van der Waals surface area contributed by atoms with Gasteiger partial charge in [0.25, 0.3) is 0 Å². The molecule has 0 aromatic heterocycles. The Morgan fingerprint density at radius 1 is 1.36 bits per heavy atom. The molecule has 0 saturated heterocycles. The van der Waals surface area contributed by atoms with Gasteiger partial charge in [-0.15, -0.1) is 0 Å². The number of carbonyl (C=O) groups is 2. The lowest BCUT2D eigenvalue weighted by Gasteiger charge is -2.13. The molecule has 0 aliphatic carbocycles. The third kappa shape index (κ3) is 6.15. The van der Waals surface area contributed by atoms with Gasteiger partial charge in [0.15, 0.2) is 0 Å². The van der Waals surface area contributed by atoms with Crippen LogP contribution in [-0.2, 0) is 9.59 Å². The van der Waals surface area contributed by atoms with Crippen molar-refractivity contribution in [3.05, 3.63) is 0 Å². The highest BCUT2D eigenvalue weighted by Crippen LogP contribution is 2.01. The molecular formula is C8H15NO3S2. The van der Waals surface area contributed by atoms with Crippen molar-refractivity contribution in [3.63, 3.8) is 0 Å². The Balaban J connectivity index is 3.95. The fraction of sp³-hybridized carbons (Fsp3) is 0.750. The Labute approximate surface area is 92.2 Å². The summed E-state index contributed by atoms with van der Waals surface area (Å²) in [5.41, 5.74) is 0. The van der Waals surface area contributed by atoms with Gasteiger partial charge in [0.1, 0.15) is 6.04 Å². The molecule has 0 aromatic rings. The maximum absolute atomic E-state index is 11.1. The van der Waals surface area contributed by atoms with Crippen LogP contribution in [0.2, 0.25) is 0 Å². The SMILES string of the molecule is CSCCC(NC(=O)CSC)C(=O)O. The molecule has 1 amide bonds. The minimum Gasteiger partial charge on any atom is -0.480 e. The molecule has 2 N–H and O–H groups in total. The first-order valence-electron chi connectivity index (χ1n) is 4.11. The van der Waals surface area contributed by atoms with Gasteiger partial charge in [0.05, 0.1) is 5.75 Å². The quantitative estimate of drug-likeness (QED) is 0.681. The number of aliphatic carboxylic acids is 1. The molecule has 0 saturated carbocycles. The lowest BCUT2D eigenvalue weighted by Crippen LogP contribution is -2.42. The van der Waals surface area contributed by atoms with E-state index in [-0.39, 0.29) is 5.91 Å². The predicted octanol–water partition coefficient (Wildman–Crippen LogP) is 0.672. The standard InChI is InChI=1S/C8H15NO3S2/c1-13-4-3-6(8(11)12)9-7(10)5-14-2/h6H,3-5H2,1-2H3,(H,9,10)(H,11,12). The summed E-state index contributed by atoms with van der Waals surface area (Å²) in [6, 6.07) is -0.748. The van der Waals surface area contributed by atoms with Crippen LogP contribution in [0.1, 0.15) is 6.42 Å². The summed E-state index contributed by atoms with van der Waals surface area (Å²) >= 11 is 2.95. The van der Waals surface area contributed by atoms with E-state index in [1.54, 1.807) is 18.0 Å². The van der Waals surface area contributed by atoms with E-state index in [9.17, 15) is 9.59 Å². The number of hydrogen-bond acceptors (Lipinski definition) is 4. The molecule has 1 atom stereocenters. The van der Waals surface area contributed by atoms with Gasteiger partial charge in [-0.25, -0.2) is 4.79 Å². The zero-order chi connectivity index (χ0) is 11.0. The predicted molar refractivity (Wildman–Crippen MR) is 60.9 cm³/mol. The van der Waals surface area contributed by atoms with Crippen LogP contribution in [-0.4, -0.2) is 47.0 Å². The van der Waals surface area contributed by atoms with Crippen LogP contribution in [0.3, 0.4) is 0 Å². The molecule has 0 heterocycles. The summed E-state index contributed by atoms with van der Waals surface area (Å²) in [6.45, 7) is 0. The molecule has 0 aliphatic heterocycles. The van der Waals surface area contributed by atoms with Crippen molar-refractivity contribution in [2.45, 2.75) is 12.5 Å². The molecule has 0 spiro atoms. The molecule has 82 valence electrons. The number of carboxylic acid groups (broad SMARTS) is 1. The number of carboxylic acids is 1. The Kier molecular flexibility index (Phi) is 7.78. The number of rotatable bonds is 7. The van der Waals surface area contributed by atoms with Crippen LogP contribution in [0.4, 0.5) is 0 Å². The molecule has 0 aromatic carbocycles. The lowest BCUT2D eigenvalue weighted by atomic mass is 10.2. The van der Waals surface area contributed by atoms with Crippen LogP contribution in [0.15, 0.2) is 0 Å². The average Bonchev–Trinajstić information content (AvgIpc) is 2.12. The summed E-state index contributed by atoms with van der Waals surface area (Å²) in [4.78, 5) is 21.8. The molecule has 14 heavy (non-hydrogen) atoms. The van der Waals surface area contributed by atoms with Crippen molar-refractivity contribution in [3.8, 4) is 0 Å². The van der Waals surface area contributed by atoms with E-state index < -0.39 is 12.0 Å². The number of carbonyl (C=O) groups excluding carboxylic acids is 1. The van der Waals surface area contributed by atoms with E-state index in [0.29, 0.717) is 12.2 Å². The Bertz CT molecular complexity index is 199. The smallest absolute Gasteiger partial charge is 0.326 e. The van der Waals surface area contributed by atoms with Gasteiger partial charge < -0.3 is 10.4 Å². The molecule has 0 aliphatic rings. The number of nitrogens with one attached hydrogen (secondary N) is 1. The zero-order valence-electron chi connectivity index (χ0n) is 8.28. The van der Waals surface area contributed by atoms with Crippen molar-refractivity contribution in [2.24, 2.45) is 0 Å². The fourth-order valence-corrected chi connectivity index (χ4v) is 1.68. The summed E-state index contributed by atoms with van der Waals surface area (Å²) in [7, 11) is 0. The van der Waals surface area contributed by atoms with E-state index in [4.69, 9.17) is 5.11 Å². The van der Waals surface area contributed by atoms with E-state index >= 15 is 0 Å². The highest BCUT2D eigenvalue weighted by atomic mass is 32.2. The minimum atomic E-state index is -0.964. The number of thioether (sulfide) groups is 2. The van der Waals surface area contributed by atoms with Gasteiger partial charge in [-0.3, -0.25) is 4.79 Å². The summed E-state index contributed by atoms with van der Waals surface area (Å²) in [5.74, 6) is -0.140. The van der Waals surface area contributed by atoms with Crippen molar-refractivity contribution in [2.75, 3.05) is 24.0 Å². The monoisotopic (exact) mass is 237 g/mol.